The summed E-state index contributed by atoms with van der Waals surface area (Å²) in [6, 6.07) is 12.8. The van der Waals surface area contributed by atoms with E-state index in [4.69, 9.17) is 0 Å². The van der Waals surface area contributed by atoms with Crippen LogP contribution < -0.4 is 5.32 Å². The van der Waals surface area contributed by atoms with Gasteiger partial charge in [-0.2, -0.15) is 0 Å². The number of nitroso groups, excluding NO2 is 1. The number of anilines is 1. The van der Waals surface area contributed by atoms with Crippen molar-refractivity contribution in [1.29, 1.82) is 0 Å². The number of thiol groups is 1. The van der Waals surface area contributed by atoms with Crippen LogP contribution >= 0.6 is 12.8 Å². The van der Waals surface area contributed by atoms with E-state index < -0.39 is 5.97 Å². The van der Waals surface area contributed by atoms with Crippen LogP contribution in [0.15, 0.2) is 54.6 Å². The zero-order valence-corrected chi connectivity index (χ0v) is 16.2. The second-order valence-corrected chi connectivity index (χ2v) is 6.81. The topological polar surface area (TPSA) is 69.4 Å². The van der Waals surface area contributed by atoms with Gasteiger partial charge in [0, 0.05) is 28.6 Å². The predicted octanol–water partition coefficient (Wildman–Crippen LogP) is 5.49. The fourth-order valence-corrected chi connectivity index (χ4v) is 4.00. The van der Waals surface area contributed by atoms with E-state index in [0.29, 0.717) is 21.3 Å². The monoisotopic (exact) mass is 383 g/mol. The Balaban J connectivity index is 0.00000102. The van der Waals surface area contributed by atoms with Gasteiger partial charge in [-0.3, -0.25) is 0 Å². The minimum Gasteiger partial charge on any atom is -0.478 e. The van der Waals surface area contributed by atoms with E-state index in [1.807, 2.05) is 32.0 Å². The average Bonchev–Trinajstić information content (AvgIpc) is 3.18. The highest BCUT2D eigenvalue weighted by Crippen LogP contribution is 2.50. The first kappa shape index (κ1) is 19.2. The van der Waals surface area contributed by atoms with Crippen LogP contribution in [0.4, 0.5) is 11.4 Å². The third-order valence-corrected chi connectivity index (χ3v) is 5.31. The zero-order valence-electron chi connectivity index (χ0n) is 15.3. The van der Waals surface area contributed by atoms with Gasteiger partial charge in [-0.1, -0.05) is 38.1 Å². The average molecular weight is 383 g/mol. The summed E-state index contributed by atoms with van der Waals surface area (Å²) in [6.07, 6.45) is 5.26. The Morgan fingerprint density at radius 3 is 2.52 bits per heavy atom. The van der Waals surface area contributed by atoms with Crippen LogP contribution in [0.1, 0.15) is 53.7 Å². The van der Waals surface area contributed by atoms with Gasteiger partial charge in [0.15, 0.2) is 0 Å². The minimum absolute atomic E-state index is 0.109. The van der Waals surface area contributed by atoms with Crippen LogP contribution in [0.25, 0.3) is 0 Å². The molecule has 1 aliphatic heterocycles. The lowest BCUT2D eigenvalue weighted by Crippen LogP contribution is -2.29. The Morgan fingerprint density at radius 2 is 1.89 bits per heavy atom. The van der Waals surface area contributed by atoms with Gasteiger partial charge < -0.3 is 10.4 Å². The number of aromatic carboxylic acids is 1. The molecule has 140 valence electrons. The van der Waals surface area contributed by atoms with E-state index in [9.17, 15) is 14.8 Å². The first-order valence-corrected chi connectivity index (χ1v) is 9.51. The maximum atomic E-state index is 11.3. The lowest BCUT2D eigenvalue weighted by atomic mass is 9.76. The molecule has 3 unspecified atom stereocenters. The van der Waals surface area contributed by atoms with Crippen molar-refractivity contribution in [3.05, 3.63) is 76.2 Å². The molecule has 27 heavy (non-hydrogen) atoms. The number of nitrogens with one attached hydrogen (secondary N) is 1. The Bertz CT molecular complexity index is 893. The minimum atomic E-state index is -0.909. The summed E-state index contributed by atoms with van der Waals surface area (Å²) in [5.41, 5.74) is 3.91. The number of carboxylic acids is 1. The van der Waals surface area contributed by atoms with E-state index in [0.717, 1.165) is 23.2 Å². The normalized spacial score (nSPS) is 22.0. The van der Waals surface area contributed by atoms with Crippen molar-refractivity contribution in [3.63, 3.8) is 0 Å². The maximum Gasteiger partial charge on any atom is 0.335 e. The van der Waals surface area contributed by atoms with E-state index in [2.05, 4.69) is 30.3 Å². The summed E-state index contributed by atoms with van der Waals surface area (Å²) in [5, 5.41) is 12.8. The molecule has 2 aromatic rings. The van der Waals surface area contributed by atoms with Crippen molar-refractivity contribution in [1.82, 2.24) is 0 Å². The van der Waals surface area contributed by atoms with Crippen LogP contribution in [-0.4, -0.2) is 15.2 Å². The first-order valence-electron chi connectivity index (χ1n) is 9.11. The number of hydrogen-bond donors (Lipinski definition) is 3. The molecule has 0 bridgehead atoms. The quantitative estimate of drug-likeness (QED) is 0.372. The Morgan fingerprint density at radius 1 is 1.19 bits per heavy atom. The van der Waals surface area contributed by atoms with Gasteiger partial charge in [0.1, 0.15) is 4.17 Å². The summed E-state index contributed by atoms with van der Waals surface area (Å²) in [6.45, 7) is 4.00. The highest BCUT2D eigenvalue weighted by molar-refractivity contribution is 7.73. The molecular weight excluding hydrogens is 360 g/mol. The van der Waals surface area contributed by atoms with Gasteiger partial charge in [-0.25, -0.2) is 4.79 Å². The third-order valence-electron chi connectivity index (χ3n) is 5.08. The van der Waals surface area contributed by atoms with Crippen molar-refractivity contribution in [2.24, 2.45) is 5.92 Å². The van der Waals surface area contributed by atoms with Crippen LogP contribution in [0, 0.1) is 10.8 Å². The molecule has 0 radical (unpaired) electrons. The third kappa shape index (κ3) is 3.62. The lowest BCUT2D eigenvalue weighted by molar-refractivity contribution is -0.259. The number of carboxylic acid groups (broad SMARTS) is 1. The zero-order chi connectivity index (χ0) is 19.6. The Kier molecular flexibility index (Phi) is 5.65. The molecule has 0 spiro atoms. The molecule has 0 amide bonds. The summed E-state index contributed by atoms with van der Waals surface area (Å²) >= 11 is 3.78. The molecule has 4 rings (SSSR count). The molecule has 1 aliphatic carbocycles. The Labute approximate surface area is 164 Å². The lowest BCUT2D eigenvalue weighted by Gasteiger charge is -2.37. The van der Waals surface area contributed by atoms with Crippen molar-refractivity contribution >= 4 is 30.2 Å². The summed E-state index contributed by atoms with van der Waals surface area (Å²) in [7, 11) is 0. The molecule has 5 nitrogen and oxygen atoms in total. The number of hydrogen-bond acceptors (Lipinski definition) is 3. The number of fused-ring (bicyclic) bond motifs is 3. The number of nitrogens with zero attached hydrogens (tertiary/aromatic N) is 1. The molecule has 0 aromatic heterocycles. The van der Waals surface area contributed by atoms with Gasteiger partial charge in [0.2, 0.25) is 12.8 Å². The maximum absolute atomic E-state index is 11.3. The number of allylic oxidation sites excluding steroid dienone is 2. The van der Waals surface area contributed by atoms with Crippen LogP contribution in [0.3, 0.4) is 0 Å². The molecular formula is C21H23N2O3S+. The van der Waals surface area contributed by atoms with Crippen LogP contribution in [0.5, 0.6) is 0 Å². The molecule has 2 aliphatic rings. The first-order chi connectivity index (χ1) is 13.0. The van der Waals surface area contributed by atoms with Gasteiger partial charge in [0.05, 0.1) is 11.6 Å². The summed E-state index contributed by atoms with van der Waals surface area (Å²) in [4.78, 5) is 22.6. The van der Waals surface area contributed by atoms with Gasteiger partial charge >= 0.3 is 5.97 Å². The SMILES string of the molecule is CC.O=C(O)c1ccc2c(c1)C1C=CCC1C(c1ccc([N+](=O)S)cc1)N2. The van der Waals surface area contributed by atoms with Crippen molar-refractivity contribution in [2.45, 2.75) is 32.2 Å². The van der Waals surface area contributed by atoms with Gasteiger partial charge in [-0.05, 0) is 41.7 Å². The molecule has 2 aromatic carbocycles. The fraction of sp³-hybridized carbons (Fsp3) is 0.286. The van der Waals surface area contributed by atoms with Crippen molar-refractivity contribution in [2.75, 3.05) is 5.32 Å². The van der Waals surface area contributed by atoms with Crippen LogP contribution in [-0.2, 0) is 0 Å². The van der Waals surface area contributed by atoms with E-state index in [1.165, 1.54) is 0 Å². The fourth-order valence-electron chi connectivity index (χ4n) is 3.87. The van der Waals surface area contributed by atoms with E-state index in [-0.39, 0.29) is 12.0 Å². The smallest absolute Gasteiger partial charge is 0.335 e. The second kappa shape index (κ2) is 7.96. The predicted molar refractivity (Wildman–Crippen MR) is 110 cm³/mol. The highest BCUT2D eigenvalue weighted by atomic mass is 32.1. The molecule has 0 fully saturated rings. The standard InChI is InChI=1S/C19H16N2O3S.C2H6/c22-19(23)12-6-9-17-16(10-12)14-2-1-3-15(14)18(20-17)11-4-7-13(8-5-11)21(24)25;1-2/h1-2,4-10,14-15,18,20H,3H2,(H-,22,23,24,25);1-2H3/p+1. The van der Waals surface area contributed by atoms with Gasteiger partial charge in [0.25, 0.3) is 5.69 Å². The van der Waals surface area contributed by atoms with E-state index >= 15 is 0 Å². The highest BCUT2D eigenvalue weighted by Gasteiger charge is 2.38. The molecule has 3 atom stereocenters. The molecule has 1 heterocycles. The van der Waals surface area contributed by atoms with Crippen molar-refractivity contribution in [3.8, 4) is 0 Å². The molecule has 6 heteroatoms. The van der Waals surface area contributed by atoms with Crippen LogP contribution in [0.2, 0.25) is 0 Å². The molecule has 2 N–H and O–H groups in total. The molecule has 0 saturated heterocycles. The summed E-state index contributed by atoms with van der Waals surface area (Å²) in [5.74, 6) is -0.393. The largest absolute Gasteiger partial charge is 0.478 e. The Hall–Kier alpha value is -2.60. The van der Waals surface area contributed by atoms with E-state index in [1.54, 1.807) is 24.3 Å². The number of carbonyl (C=O) groups is 1. The summed E-state index contributed by atoms with van der Waals surface area (Å²) < 4.78 is 0.542. The van der Waals surface area contributed by atoms with Crippen molar-refractivity contribution < 1.29 is 14.1 Å². The number of rotatable bonds is 3. The second-order valence-electron chi connectivity index (χ2n) is 6.45. The number of benzene rings is 2. The van der Waals surface area contributed by atoms with Gasteiger partial charge in [-0.15, -0.1) is 0 Å². The molecule has 0 saturated carbocycles.